The molecule has 0 saturated carbocycles. The summed E-state index contributed by atoms with van der Waals surface area (Å²) in [4.78, 5) is 15.6. The smallest absolute Gasteiger partial charge is 0.348 e. The highest BCUT2D eigenvalue weighted by Gasteiger charge is 2.30. The number of ether oxygens (including phenoxy) is 1. The lowest BCUT2D eigenvalue weighted by atomic mass is 9.88. The molecule has 1 N–H and O–H groups in total. The van der Waals surface area contributed by atoms with Crippen molar-refractivity contribution >= 4 is 41.0 Å². The van der Waals surface area contributed by atoms with E-state index in [-0.39, 0.29) is 30.4 Å². The summed E-state index contributed by atoms with van der Waals surface area (Å²) >= 11 is 3.18. The maximum atomic E-state index is 12.6. The molecule has 0 unspecified atom stereocenters. The van der Waals surface area contributed by atoms with Gasteiger partial charge < -0.3 is 10.1 Å². The molecule has 6 heteroatoms. The fourth-order valence-electron chi connectivity index (χ4n) is 3.23. The van der Waals surface area contributed by atoms with Crippen LogP contribution in [-0.2, 0) is 4.74 Å². The highest BCUT2D eigenvalue weighted by atomic mass is 35.5. The van der Waals surface area contributed by atoms with Crippen LogP contribution in [0.5, 0.6) is 0 Å². The first-order valence-electron chi connectivity index (χ1n) is 8.41. The van der Waals surface area contributed by atoms with Crippen LogP contribution in [0.4, 0.5) is 0 Å². The molecule has 1 saturated heterocycles. The van der Waals surface area contributed by atoms with Crippen molar-refractivity contribution < 1.29 is 9.53 Å². The number of hydrogen-bond acceptors (Lipinski definition) is 5. The first-order valence-corrected chi connectivity index (χ1v) is 10.1. The fraction of sp³-hybridized carbons (Fsp3) is 0.250. The van der Waals surface area contributed by atoms with Crippen molar-refractivity contribution in [2.45, 2.75) is 18.4 Å². The molecule has 0 aliphatic carbocycles. The van der Waals surface area contributed by atoms with Crippen LogP contribution in [0.25, 0.3) is 9.75 Å². The average Bonchev–Trinajstić information content (AvgIpc) is 3.34. The molecular formula is C20H20ClNO2S2. The minimum Gasteiger partial charge on any atom is -0.456 e. The van der Waals surface area contributed by atoms with Gasteiger partial charge in [0, 0.05) is 22.2 Å². The quantitative estimate of drug-likeness (QED) is 0.606. The number of thiophene rings is 2. The molecule has 1 aliphatic heterocycles. The molecule has 0 spiro atoms. The first kappa shape index (κ1) is 19.1. The summed E-state index contributed by atoms with van der Waals surface area (Å²) in [7, 11) is 0. The van der Waals surface area contributed by atoms with Crippen LogP contribution in [-0.4, -0.2) is 25.2 Å². The summed E-state index contributed by atoms with van der Waals surface area (Å²) in [6.07, 6.45) is 0.850. The zero-order chi connectivity index (χ0) is 17.1. The first-order chi connectivity index (χ1) is 12.3. The van der Waals surface area contributed by atoms with Crippen LogP contribution in [0.15, 0.2) is 60.0 Å². The average molecular weight is 406 g/mol. The SMILES string of the molecule is Cl.O=C(O[C@@H]1CNCC[C@H]1c1ccccc1)c1ccc(-c2cccs2)s1. The van der Waals surface area contributed by atoms with Gasteiger partial charge in [-0.25, -0.2) is 4.79 Å². The van der Waals surface area contributed by atoms with E-state index >= 15 is 0 Å². The van der Waals surface area contributed by atoms with Gasteiger partial charge in [0.1, 0.15) is 11.0 Å². The van der Waals surface area contributed by atoms with Crippen molar-refractivity contribution in [3.8, 4) is 9.75 Å². The normalized spacial score (nSPS) is 19.5. The van der Waals surface area contributed by atoms with Crippen LogP contribution < -0.4 is 5.32 Å². The second kappa shape index (κ2) is 8.82. The summed E-state index contributed by atoms with van der Waals surface area (Å²) in [5.74, 6) is 0.0329. The van der Waals surface area contributed by atoms with E-state index in [0.717, 1.165) is 17.8 Å². The molecule has 4 rings (SSSR count). The second-order valence-electron chi connectivity index (χ2n) is 6.09. The number of carbonyl (C=O) groups is 1. The molecule has 3 heterocycles. The lowest BCUT2D eigenvalue weighted by Gasteiger charge is -2.32. The molecular weight excluding hydrogens is 386 g/mol. The Balaban J connectivity index is 0.00000196. The number of esters is 1. The number of hydrogen-bond donors (Lipinski definition) is 1. The van der Waals surface area contributed by atoms with Gasteiger partial charge in [-0.05, 0) is 42.1 Å². The molecule has 0 bridgehead atoms. The third-order valence-electron chi connectivity index (χ3n) is 4.48. The Hall–Kier alpha value is -1.66. The van der Waals surface area contributed by atoms with Crippen molar-refractivity contribution in [2.75, 3.05) is 13.1 Å². The Morgan fingerprint density at radius 3 is 2.65 bits per heavy atom. The van der Waals surface area contributed by atoms with Gasteiger partial charge in [0.2, 0.25) is 0 Å². The summed E-state index contributed by atoms with van der Waals surface area (Å²) in [5, 5.41) is 5.39. The van der Waals surface area contributed by atoms with Crippen LogP contribution in [0, 0.1) is 0 Å². The van der Waals surface area contributed by atoms with Crippen LogP contribution >= 0.6 is 35.1 Å². The van der Waals surface area contributed by atoms with Gasteiger partial charge in [0.15, 0.2) is 0 Å². The van der Waals surface area contributed by atoms with E-state index in [1.165, 1.54) is 21.8 Å². The summed E-state index contributed by atoms with van der Waals surface area (Å²) in [5.41, 5.74) is 1.24. The lowest BCUT2D eigenvalue weighted by Crippen LogP contribution is -2.42. The Kier molecular flexibility index (Phi) is 6.48. The molecule has 1 aliphatic rings. The fourth-order valence-corrected chi connectivity index (χ4v) is 4.95. The van der Waals surface area contributed by atoms with E-state index in [1.807, 2.05) is 41.8 Å². The number of piperidine rings is 1. The van der Waals surface area contributed by atoms with Gasteiger partial charge in [-0.3, -0.25) is 0 Å². The highest BCUT2D eigenvalue weighted by Crippen LogP contribution is 2.33. The van der Waals surface area contributed by atoms with Gasteiger partial charge in [0.05, 0.1) is 0 Å². The van der Waals surface area contributed by atoms with E-state index in [1.54, 1.807) is 11.3 Å². The summed E-state index contributed by atoms with van der Waals surface area (Å²) in [6.45, 7) is 1.66. The van der Waals surface area contributed by atoms with Gasteiger partial charge in [-0.2, -0.15) is 0 Å². The highest BCUT2D eigenvalue weighted by molar-refractivity contribution is 7.22. The number of benzene rings is 1. The predicted octanol–water partition coefficient (Wildman–Crippen LogP) is 5.20. The third-order valence-corrected chi connectivity index (χ3v) is 6.61. The second-order valence-corrected chi connectivity index (χ2v) is 8.13. The number of carbonyl (C=O) groups excluding carboxylic acids is 1. The molecule has 0 amide bonds. The predicted molar refractivity (Wildman–Crippen MR) is 111 cm³/mol. The molecule has 3 aromatic rings. The van der Waals surface area contributed by atoms with E-state index in [9.17, 15) is 4.79 Å². The van der Waals surface area contributed by atoms with Crippen molar-refractivity contribution in [1.82, 2.24) is 5.32 Å². The maximum absolute atomic E-state index is 12.6. The molecule has 3 nitrogen and oxygen atoms in total. The summed E-state index contributed by atoms with van der Waals surface area (Å²) in [6, 6.07) is 18.3. The van der Waals surface area contributed by atoms with Crippen molar-refractivity contribution in [2.24, 2.45) is 0 Å². The van der Waals surface area contributed by atoms with Crippen molar-refractivity contribution in [3.63, 3.8) is 0 Å². The van der Waals surface area contributed by atoms with Gasteiger partial charge in [-0.1, -0.05) is 36.4 Å². The van der Waals surface area contributed by atoms with E-state index in [2.05, 4.69) is 23.5 Å². The van der Waals surface area contributed by atoms with Crippen LogP contribution in [0.3, 0.4) is 0 Å². The topological polar surface area (TPSA) is 38.3 Å². The molecule has 2 aromatic heterocycles. The van der Waals surface area contributed by atoms with Gasteiger partial charge >= 0.3 is 5.97 Å². The maximum Gasteiger partial charge on any atom is 0.348 e. The zero-order valence-corrected chi connectivity index (χ0v) is 16.5. The molecule has 2 atom stereocenters. The Morgan fingerprint density at radius 2 is 1.88 bits per heavy atom. The van der Waals surface area contributed by atoms with Gasteiger partial charge in [0.25, 0.3) is 0 Å². The van der Waals surface area contributed by atoms with Gasteiger partial charge in [-0.15, -0.1) is 35.1 Å². The molecule has 1 fully saturated rings. The molecule has 1 aromatic carbocycles. The number of halogens is 1. The zero-order valence-electron chi connectivity index (χ0n) is 14.1. The molecule has 26 heavy (non-hydrogen) atoms. The summed E-state index contributed by atoms with van der Waals surface area (Å²) < 4.78 is 5.89. The number of nitrogens with one attached hydrogen (secondary N) is 1. The molecule has 136 valence electrons. The third kappa shape index (κ3) is 4.18. The lowest BCUT2D eigenvalue weighted by molar-refractivity contribution is 0.0188. The number of rotatable bonds is 4. The van der Waals surface area contributed by atoms with Crippen LogP contribution in [0.1, 0.15) is 27.6 Å². The Bertz CT molecular complexity index is 833. The van der Waals surface area contributed by atoms with E-state index in [0.29, 0.717) is 11.4 Å². The standard InChI is InChI=1S/C20H19NO2S2.ClH/c22-20(19-9-8-18(25-19)17-7-4-12-24-17)23-16-13-21-11-10-15(16)14-5-2-1-3-6-14;/h1-9,12,15-16,21H,10-11,13H2;1H/t15-,16+;/m0./s1. The van der Waals surface area contributed by atoms with E-state index in [4.69, 9.17) is 4.74 Å². The van der Waals surface area contributed by atoms with Crippen molar-refractivity contribution in [1.29, 1.82) is 0 Å². The van der Waals surface area contributed by atoms with E-state index < -0.39 is 0 Å². The largest absolute Gasteiger partial charge is 0.456 e. The Labute approximate surface area is 167 Å². The molecule has 0 radical (unpaired) electrons. The van der Waals surface area contributed by atoms with Crippen LogP contribution in [0.2, 0.25) is 0 Å². The minimum atomic E-state index is -0.220. The monoisotopic (exact) mass is 405 g/mol. The van der Waals surface area contributed by atoms with Crippen molar-refractivity contribution in [3.05, 3.63) is 70.4 Å². The minimum absolute atomic E-state index is 0. The Morgan fingerprint density at radius 1 is 1.04 bits per heavy atom.